The Balaban J connectivity index is 0.00000400. The Hall–Kier alpha value is -0.690. The number of benzene rings is 1. The molecule has 6 heteroatoms. The number of hydrogen-bond acceptors (Lipinski definition) is 2. The van der Waals surface area contributed by atoms with E-state index in [1.807, 2.05) is 18.2 Å². The van der Waals surface area contributed by atoms with Gasteiger partial charge in [-0.25, -0.2) is 0 Å². The summed E-state index contributed by atoms with van der Waals surface area (Å²) in [6, 6.07) is 6.16. The van der Waals surface area contributed by atoms with Crippen LogP contribution < -0.4 is 15.4 Å². The van der Waals surface area contributed by atoms with E-state index in [1.54, 1.807) is 14.2 Å². The lowest BCUT2D eigenvalue weighted by Crippen LogP contribution is -2.42. The zero-order chi connectivity index (χ0) is 15.0. The molecule has 4 nitrogen and oxygen atoms in total. The van der Waals surface area contributed by atoms with Gasteiger partial charge >= 0.3 is 0 Å². The fraction of sp³-hybridized carbons (Fsp3) is 0.533. The molecule has 0 aliphatic carbocycles. The minimum absolute atomic E-state index is 0. The SMILES string of the molecule is CCC(C)NC(=NC)NCCc1ccc(OC)cc1Cl.I. The largest absolute Gasteiger partial charge is 0.497 e. The number of nitrogens with zero attached hydrogens (tertiary/aromatic N) is 1. The second-order valence-corrected chi connectivity index (χ2v) is 5.07. The molecule has 1 aromatic rings. The second-order valence-electron chi connectivity index (χ2n) is 4.66. The molecule has 0 saturated heterocycles. The van der Waals surface area contributed by atoms with E-state index in [9.17, 15) is 0 Å². The highest BCUT2D eigenvalue weighted by molar-refractivity contribution is 14.0. The smallest absolute Gasteiger partial charge is 0.191 e. The summed E-state index contributed by atoms with van der Waals surface area (Å²) in [6.45, 7) is 5.05. The summed E-state index contributed by atoms with van der Waals surface area (Å²) >= 11 is 6.21. The van der Waals surface area contributed by atoms with E-state index in [4.69, 9.17) is 16.3 Å². The summed E-state index contributed by atoms with van der Waals surface area (Å²) in [5.74, 6) is 1.60. The first-order valence-electron chi connectivity index (χ1n) is 6.90. The van der Waals surface area contributed by atoms with Gasteiger partial charge in [-0.2, -0.15) is 0 Å². The number of rotatable bonds is 6. The number of ether oxygens (including phenoxy) is 1. The Morgan fingerprint density at radius 3 is 2.67 bits per heavy atom. The van der Waals surface area contributed by atoms with E-state index in [0.29, 0.717) is 6.04 Å². The van der Waals surface area contributed by atoms with Crippen LogP contribution in [0.1, 0.15) is 25.8 Å². The van der Waals surface area contributed by atoms with Gasteiger partial charge < -0.3 is 15.4 Å². The highest BCUT2D eigenvalue weighted by atomic mass is 127. The van der Waals surface area contributed by atoms with Crippen LogP contribution in [0.4, 0.5) is 0 Å². The number of nitrogens with one attached hydrogen (secondary N) is 2. The van der Waals surface area contributed by atoms with Crippen LogP contribution in [-0.2, 0) is 6.42 Å². The van der Waals surface area contributed by atoms with Gasteiger partial charge in [-0.05, 0) is 37.5 Å². The molecule has 2 N–H and O–H groups in total. The maximum absolute atomic E-state index is 6.21. The summed E-state index contributed by atoms with van der Waals surface area (Å²) in [5.41, 5.74) is 1.10. The van der Waals surface area contributed by atoms with E-state index in [2.05, 4.69) is 29.5 Å². The quantitative estimate of drug-likeness (QED) is 0.417. The van der Waals surface area contributed by atoms with Crippen LogP contribution in [0.25, 0.3) is 0 Å². The van der Waals surface area contributed by atoms with Gasteiger partial charge in [0.15, 0.2) is 5.96 Å². The molecule has 0 saturated carbocycles. The van der Waals surface area contributed by atoms with Crippen molar-refractivity contribution in [1.29, 1.82) is 0 Å². The van der Waals surface area contributed by atoms with E-state index >= 15 is 0 Å². The zero-order valence-electron chi connectivity index (χ0n) is 13.1. The minimum atomic E-state index is 0. The summed E-state index contributed by atoms with van der Waals surface area (Å²) < 4.78 is 5.14. The Bertz CT molecular complexity index is 455. The highest BCUT2D eigenvalue weighted by Gasteiger charge is 2.05. The molecule has 1 atom stereocenters. The molecule has 1 unspecified atom stereocenters. The van der Waals surface area contributed by atoms with Crippen molar-refractivity contribution < 1.29 is 4.74 Å². The molecule has 0 spiro atoms. The third-order valence-corrected chi connectivity index (χ3v) is 3.52. The monoisotopic (exact) mass is 425 g/mol. The lowest BCUT2D eigenvalue weighted by molar-refractivity contribution is 0.414. The van der Waals surface area contributed by atoms with Gasteiger partial charge in [-0.15, -0.1) is 24.0 Å². The topological polar surface area (TPSA) is 45.7 Å². The van der Waals surface area contributed by atoms with Gasteiger partial charge in [0.05, 0.1) is 7.11 Å². The van der Waals surface area contributed by atoms with E-state index in [1.165, 1.54) is 0 Å². The van der Waals surface area contributed by atoms with E-state index in [-0.39, 0.29) is 24.0 Å². The Morgan fingerprint density at radius 1 is 1.43 bits per heavy atom. The second kappa shape index (κ2) is 11.0. The van der Waals surface area contributed by atoms with Gasteiger partial charge in [0.2, 0.25) is 0 Å². The van der Waals surface area contributed by atoms with E-state index in [0.717, 1.165) is 41.7 Å². The average molecular weight is 426 g/mol. The predicted octanol–water partition coefficient (Wildman–Crippen LogP) is 3.47. The van der Waals surface area contributed by atoms with Crippen molar-refractivity contribution in [2.75, 3.05) is 20.7 Å². The van der Waals surface area contributed by atoms with Crippen molar-refractivity contribution in [3.63, 3.8) is 0 Å². The zero-order valence-corrected chi connectivity index (χ0v) is 16.2. The number of guanidine groups is 1. The molecule has 0 aromatic heterocycles. The van der Waals surface area contributed by atoms with Crippen LogP contribution >= 0.6 is 35.6 Å². The lowest BCUT2D eigenvalue weighted by Gasteiger charge is -2.16. The van der Waals surface area contributed by atoms with Crippen LogP contribution in [0.2, 0.25) is 5.02 Å². The summed E-state index contributed by atoms with van der Waals surface area (Å²) in [4.78, 5) is 4.20. The standard InChI is InChI=1S/C15H24ClN3O.HI/c1-5-11(2)19-15(17-3)18-9-8-12-6-7-13(20-4)10-14(12)16;/h6-7,10-11H,5,8-9H2,1-4H3,(H2,17,18,19);1H. The molecular weight excluding hydrogens is 401 g/mol. The van der Waals surface area contributed by atoms with Crippen molar-refractivity contribution in [3.8, 4) is 5.75 Å². The summed E-state index contributed by atoms with van der Waals surface area (Å²) in [7, 11) is 3.41. The Kier molecular flexibility index (Phi) is 10.6. The normalized spacial score (nSPS) is 12.3. The first-order valence-corrected chi connectivity index (χ1v) is 7.28. The van der Waals surface area contributed by atoms with Gasteiger partial charge in [-0.3, -0.25) is 4.99 Å². The number of methoxy groups -OCH3 is 1. The van der Waals surface area contributed by atoms with Crippen molar-refractivity contribution in [1.82, 2.24) is 10.6 Å². The first-order chi connectivity index (χ1) is 9.60. The molecule has 21 heavy (non-hydrogen) atoms. The molecule has 0 aliphatic heterocycles. The van der Waals surface area contributed by atoms with Gasteiger partial charge in [0.1, 0.15) is 5.75 Å². The molecule has 1 aromatic carbocycles. The number of aliphatic imine (C=N–C) groups is 1. The highest BCUT2D eigenvalue weighted by Crippen LogP contribution is 2.22. The maximum Gasteiger partial charge on any atom is 0.191 e. The van der Waals surface area contributed by atoms with Crippen molar-refractivity contribution in [3.05, 3.63) is 28.8 Å². The van der Waals surface area contributed by atoms with Gasteiger partial charge in [0, 0.05) is 24.7 Å². The first kappa shape index (κ1) is 20.3. The van der Waals surface area contributed by atoms with Crippen molar-refractivity contribution in [2.24, 2.45) is 4.99 Å². The van der Waals surface area contributed by atoms with Crippen molar-refractivity contribution in [2.45, 2.75) is 32.7 Å². The van der Waals surface area contributed by atoms with Crippen LogP contribution in [0.5, 0.6) is 5.75 Å². The third-order valence-electron chi connectivity index (χ3n) is 3.17. The fourth-order valence-corrected chi connectivity index (χ4v) is 1.97. The Morgan fingerprint density at radius 2 is 2.14 bits per heavy atom. The molecule has 0 aliphatic rings. The van der Waals surface area contributed by atoms with Crippen molar-refractivity contribution >= 4 is 41.5 Å². The molecule has 120 valence electrons. The maximum atomic E-state index is 6.21. The van der Waals surface area contributed by atoms with Crippen LogP contribution in [0, 0.1) is 0 Å². The summed E-state index contributed by atoms with van der Waals surface area (Å²) in [6.07, 6.45) is 1.90. The van der Waals surface area contributed by atoms with Crippen LogP contribution in [-0.4, -0.2) is 32.7 Å². The molecule has 0 radical (unpaired) electrons. The Labute approximate surface area is 149 Å². The molecule has 0 bridgehead atoms. The molecule has 1 rings (SSSR count). The third kappa shape index (κ3) is 7.22. The molecule has 0 amide bonds. The molecule has 0 fully saturated rings. The predicted molar refractivity (Wildman–Crippen MR) is 101 cm³/mol. The van der Waals surface area contributed by atoms with Crippen LogP contribution in [0.3, 0.4) is 0 Å². The molecular formula is C15H25ClIN3O. The molecule has 0 heterocycles. The van der Waals surface area contributed by atoms with Gasteiger partial charge in [0.25, 0.3) is 0 Å². The van der Waals surface area contributed by atoms with Crippen LogP contribution in [0.15, 0.2) is 23.2 Å². The summed E-state index contributed by atoms with van der Waals surface area (Å²) in [5, 5.41) is 7.34. The number of halogens is 2. The van der Waals surface area contributed by atoms with E-state index < -0.39 is 0 Å². The average Bonchev–Trinajstić information content (AvgIpc) is 2.47. The van der Waals surface area contributed by atoms with Gasteiger partial charge in [-0.1, -0.05) is 24.6 Å². The lowest BCUT2D eigenvalue weighted by atomic mass is 10.1. The minimum Gasteiger partial charge on any atom is -0.497 e. The fourth-order valence-electron chi connectivity index (χ4n) is 1.70. The number of hydrogen-bond donors (Lipinski definition) is 2.